The van der Waals surface area contributed by atoms with Gasteiger partial charge in [0.1, 0.15) is 0 Å². The minimum Gasteiger partial charge on any atom is -0.478 e. The summed E-state index contributed by atoms with van der Waals surface area (Å²) in [5.41, 5.74) is 1.56. The molecule has 0 spiro atoms. The summed E-state index contributed by atoms with van der Waals surface area (Å²) in [6, 6.07) is 10.7. The molecule has 1 heterocycles. The highest BCUT2D eigenvalue weighted by Crippen LogP contribution is 2.10. The fourth-order valence-electron chi connectivity index (χ4n) is 1.68. The van der Waals surface area contributed by atoms with E-state index < -0.39 is 0 Å². The summed E-state index contributed by atoms with van der Waals surface area (Å²) in [4.78, 5) is 25.5. The number of amides is 1. The van der Waals surface area contributed by atoms with Gasteiger partial charge in [0.25, 0.3) is 11.5 Å². The predicted molar refractivity (Wildman–Crippen MR) is 77.0 cm³/mol. The van der Waals surface area contributed by atoms with Crippen LogP contribution in [0.5, 0.6) is 5.75 Å². The second-order valence-electron chi connectivity index (χ2n) is 4.25. The third kappa shape index (κ3) is 3.71. The van der Waals surface area contributed by atoms with E-state index in [1.54, 1.807) is 6.07 Å². The number of benzene rings is 1. The molecule has 0 radical (unpaired) electrons. The first-order valence-corrected chi connectivity index (χ1v) is 6.38. The van der Waals surface area contributed by atoms with Crippen LogP contribution < -0.4 is 15.6 Å². The lowest BCUT2D eigenvalue weighted by Gasteiger charge is -2.07. The van der Waals surface area contributed by atoms with Crippen LogP contribution in [0.1, 0.15) is 12.5 Å². The molecule has 0 atom stereocenters. The zero-order valence-corrected chi connectivity index (χ0v) is 11.2. The van der Waals surface area contributed by atoms with Crippen molar-refractivity contribution in [2.45, 2.75) is 13.3 Å². The van der Waals surface area contributed by atoms with E-state index in [4.69, 9.17) is 4.74 Å². The summed E-state index contributed by atoms with van der Waals surface area (Å²) in [5, 5.41) is 2.71. The van der Waals surface area contributed by atoms with Crippen molar-refractivity contribution in [3.63, 3.8) is 0 Å². The molecule has 0 saturated carbocycles. The fraction of sp³-hybridized carbons (Fsp3) is 0.200. The molecular formula is C15H16N2O3. The highest BCUT2D eigenvalue weighted by atomic mass is 16.5. The monoisotopic (exact) mass is 272 g/mol. The van der Waals surface area contributed by atoms with E-state index in [-0.39, 0.29) is 23.8 Å². The van der Waals surface area contributed by atoms with Crippen LogP contribution in [-0.4, -0.2) is 17.5 Å². The smallest absolute Gasteiger partial charge is 0.290 e. The summed E-state index contributed by atoms with van der Waals surface area (Å²) >= 11 is 0. The molecule has 1 aromatic carbocycles. The molecule has 20 heavy (non-hydrogen) atoms. The number of aryl methyl sites for hydroxylation is 1. The first kappa shape index (κ1) is 13.9. The number of aromatic nitrogens is 1. The van der Waals surface area contributed by atoms with Gasteiger partial charge in [-0.2, -0.15) is 0 Å². The number of hydrogen-bond acceptors (Lipinski definition) is 3. The Morgan fingerprint density at radius 2 is 2.00 bits per heavy atom. The van der Waals surface area contributed by atoms with Crippen molar-refractivity contribution in [1.82, 2.24) is 4.98 Å². The molecule has 1 amide bonds. The lowest BCUT2D eigenvalue weighted by atomic mass is 10.1. The Kier molecular flexibility index (Phi) is 4.55. The molecule has 0 saturated heterocycles. The van der Waals surface area contributed by atoms with Crippen LogP contribution in [0.2, 0.25) is 0 Å². The van der Waals surface area contributed by atoms with Crippen LogP contribution in [0.4, 0.5) is 5.69 Å². The second-order valence-corrected chi connectivity index (χ2v) is 4.25. The van der Waals surface area contributed by atoms with E-state index in [2.05, 4.69) is 17.2 Å². The summed E-state index contributed by atoms with van der Waals surface area (Å²) in [7, 11) is 0. The van der Waals surface area contributed by atoms with E-state index in [1.165, 1.54) is 17.8 Å². The highest BCUT2D eigenvalue weighted by Gasteiger charge is 2.05. The maximum Gasteiger partial charge on any atom is 0.290 e. The number of ether oxygens (including phenoxy) is 1. The molecule has 2 N–H and O–H groups in total. The normalized spacial score (nSPS) is 10.1. The van der Waals surface area contributed by atoms with Gasteiger partial charge in [0.15, 0.2) is 12.4 Å². The van der Waals surface area contributed by atoms with Gasteiger partial charge in [-0.25, -0.2) is 0 Å². The average Bonchev–Trinajstić information content (AvgIpc) is 2.47. The second kappa shape index (κ2) is 6.56. The molecule has 0 aliphatic heterocycles. The number of carbonyl (C=O) groups is 1. The van der Waals surface area contributed by atoms with Gasteiger partial charge in [-0.3, -0.25) is 9.59 Å². The van der Waals surface area contributed by atoms with Gasteiger partial charge in [0, 0.05) is 11.9 Å². The first-order chi connectivity index (χ1) is 9.69. The number of carbonyl (C=O) groups excluding carboxylic acids is 1. The number of rotatable bonds is 5. The van der Waals surface area contributed by atoms with Gasteiger partial charge in [0.05, 0.1) is 0 Å². The van der Waals surface area contributed by atoms with Gasteiger partial charge in [-0.05, 0) is 36.2 Å². The van der Waals surface area contributed by atoms with Gasteiger partial charge in [-0.15, -0.1) is 0 Å². The Bertz CT molecular complexity index is 632. The lowest BCUT2D eigenvalue weighted by Crippen LogP contribution is -2.22. The van der Waals surface area contributed by atoms with E-state index >= 15 is 0 Å². The van der Waals surface area contributed by atoms with Crippen molar-refractivity contribution in [3.8, 4) is 5.75 Å². The number of anilines is 1. The van der Waals surface area contributed by atoms with Gasteiger partial charge in [0.2, 0.25) is 0 Å². The van der Waals surface area contributed by atoms with E-state index in [0.29, 0.717) is 5.69 Å². The Labute approximate surface area is 116 Å². The lowest BCUT2D eigenvalue weighted by molar-refractivity contribution is -0.118. The van der Waals surface area contributed by atoms with Crippen molar-refractivity contribution in [2.75, 3.05) is 11.9 Å². The Hall–Kier alpha value is -2.56. The predicted octanol–water partition coefficient (Wildman–Crippen LogP) is 1.95. The Balaban J connectivity index is 1.89. The average molecular weight is 272 g/mol. The van der Waals surface area contributed by atoms with Crippen LogP contribution >= 0.6 is 0 Å². The van der Waals surface area contributed by atoms with Gasteiger partial charge < -0.3 is 15.0 Å². The van der Waals surface area contributed by atoms with E-state index in [9.17, 15) is 9.59 Å². The van der Waals surface area contributed by atoms with Crippen molar-refractivity contribution in [3.05, 3.63) is 58.5 Å². The molecule has 104 valence electrons. The zero-order chi connectivity index (χ0) is 14.4. The summed E-state index contributed by atoms with van der Waals surface area (Å²) in [6.07, 6.45) is 2.46. The van der Waals surface area contributed by atoms with Gasteiger partial charge in [-0.1, -0.05) is 19.1 Å². The van der Waals surface area contributed by atoms with E-state index in [1.807, 2.05) is 24.3 Å². The molecule has 1 aromatic heterocycles. The fourth-order valence-corrected chi connectivity index (χ4v) is 1.68. The molecule has 0 fully saturated rings. The number of nitrogens with one attached hydrogen (secondary N) is 2. The Morgan fingerprint density at radius 1 is 1.25 bits per heavy atom. The van der Waals surface area contributed by atoms with Crippen LogP contribution in [0.25, 0.3) is 0 Å². The van der Waals surface area contributed by atoms with Crippen LogP contribution in [0.3, 0.4) is 0 Å². The van der Waals surface area contributed by atoms with Crippen molar-refractivity contribution < 1.29 is 9.53 Å². The number of hydrogen-bond donors (Lipinski definition) is 2. The molecular weight excluding hydrogens is 256 g/mol. The minimum absolute atomic E-state index is 0.129. The molecule has 5 nitrogen and oxygen atoms in total. The molecule has 0 unspecified atom stereocenters. The van der Waals surface area contributed by atoms with Crippen LogP contribution in [-0.2, 0) is 11.2 Å². The summed E-state index contributed by atoms with van der Waals surface area (Å²) < 4.78 is 5.16. The zero-order valence-electron chi connectivity index (χ0n) is 11.2. The molecule has 2 aromatic rings. The standard InChI is InChI=1S/C15H16N2O3/c1-2-11-5-7-12(8-6-11)17-14(18)10-20-13-4-3-9-16-15(13)19/h3-9H,2,10H2,1H3,(H,16,19)(H,17,18). The van der Waals surface area contributed by atoms with Crippen LogP contribution in [0, 0.1) is 0 Å². The number of aromatic amines is 1. The summed E-state index contributed by atoms with van der Waals surface area (Å²) in [6.45, 7) is 1.86. The molecule has 0 bridgehead atoms. The summed E-state index contributed by atoms with van der Waals surface area (Å²) in [5.74, 6) is -0.179. The number of H-pyrrole nitrogens is 1. The Morgan fingerprint density at radius 3 is 2.65 bits per heavy atom. The highest BCUT2D eigenvalue weighted by molar-refractivity contribution is 5.91. The molecule has 5 heteroatoms. The largest absolute Gasteiger partial charge is 0.478 e. The van der Waals surface area contributed by atoms with Crippen molar-refractivity contribution in [1.29, 1.82) is 0 Å². The van der Waals surface area contributed by atoms with Gasteiger partial charge >= 0.3 is 0 Å². The topological polar surface area (TPSA) is 71.2 Å². The first-order valence-electron chi connectivity index (χ1n) is 6.38. The molecule has 2 rings (SSSR count). The van der Waals surface area contributed by atoms with E-state index in [0.717, 1.165) is 6.42 Å². The maximum atomic E-state index is 11.7. The molecule has 0 aliphatic rings. The molecule has 0 aliphatic carbocycles. The van der Waals surface area contributed by atoms with Crippen molar-refractivity contribution >= 4 is 11.6 Å². The van der Waals surface area contributed by atoms with Crippen LogP contribution in [0.15, 0.2) is 47.4 Å². The number of pyridine rings is 1. The SMILES string of the molecule is CCc1ccc(NC(=O)COc2ccc[nH]c2=O)cc1. The maximum absolute atomic E-state index is 11.7. The third-order valence-corrected chi connectivity index (χ3v) is 2.79. The van der Waals surface area contributed by atoms with Crippen molar-refractivity contribution in [2.24, 2.45) is 0 Å². The quantitative estimate of drug-likeness (QED) is 0.874. The minimum atomic E-state index is -0.354. The third-order valence-electron chi connectivity index (χ3n) is 2.79.